The average Bonchev–Trinajstić information content (AvgIpc) is 2.47. The van der Waals surface area contributed by atoms with E-state index in [9.17, 15) is 4.79 Å². The molecule has 1 heterocycles. The molecule has 2 N–H and O–H groups in total. The Hall–Kier alpha value is -1.03. The first-order valence-corrected chi connectivity index (χ1v) is 4.58. The molecule has 0 radical (unpaired) electrons. The first-order chi connectivity index (χ1) is 5.74. The molecular formula is C8H11NO2S. The first kappa shape index (κ1) is 9.06. The molecule has 1 aromatic rings. The highest BCUT2D eigenvalue weighted by molar-refractivity contribution is 7.10. The lowest BCUT2D eigenvalue weighted by Gasteiger charge is -1.99. The molecule has 1 aromatic heterocycles. The second-order valence-electron chi connectivity index (χ2n) is 2.40. The summed E-state index contributed by atoms with van der Waals surface area (Å²) < 4.78 is 0. The van der Waals surface area contributed by atoms with E-state index in [0.717, 1.165) is 10.6 Å². The van der Waals surface area contributed by atoms with E-state index < -0.39 is 5.97 Å². The third kappa shape index (κ3) is 2.23. The van der Waals surface area contributed by atoms with E-state index in [1.807, 2.05) is 18.5 Å². The summed E-state index contributed by atoms with van der Waals surface area (Å²) in [4.78, 5) is 11.4. The number of carboxylic acids is 1. The highest BCUT2D eigenvalue weighted by atomic mass is 32.1. The van der Waals surface area contributed by atoms with Crippen molar-refractivity contribution in [3.8, 4) is 0 Å². The number of thiophene rings is 1. The van der Waals surface area contributed by atoms with Gasteiger partial charge in [-0.1, -0.05) is 0 Å². The van der Waals surface area contributed by atoms with Crippen molar-refractivity contribution in [2.75, 3.05) is 12.4 Å². The van der Waals surface area contributed by atoms with Crippen molar-refractivity contribution < 1.29 is 9.90 Å². The third-order valence-electron chi connectivity index (χ3n) is 1.58. The van der Waals surface area contributed by atoms with E-state index in [1.165, 1.54) is 0 Å². The highest BCUT2D eigenvalue weighted by Gasteiger charge is 2.04. The molecule has 12 heavy (non-hydrogen) atoms. The fourth-order valence-electron chi connectivity index (χ4n) is 0.977. The molecule has 0 aliphatic heterocycles. The molecule has 0 aliphatic rings. The largest absolute Gasteiger partial charge is 0.481 e. The second kappa shape index (κ2) is 4.11. The minimum absolute atomic E-state index is 0.204. The van der Waals surface area contributed by atoms with Crippen LogP contribution in [0.15, 0.2) is 11.4 Å². The number of carbonyl (C=O) groups is 1. The highest BCUT2D eigenvalue weighted by Crippen LogP contribution is 2.22. The molecule has 66 valence electrons. The lowest BCUT2D eigenvalue weighted by Crippen LogP contribution is -1.98. The maximum Gasteiger partial charge on any atom is 0.303 e. The summed E-state index contributed by atoms with van der Waals surface area (Å²) in [5.41, 5.74) is 1.04. The molecule has 0 atom stereocenters. The van der Waals surface area contributed by atoms with Crippen LogP contribution in [-0.4, -0.2) is 18.1 Å². The topological polar surface area (TPSA) is 49.3 Å². The van der Waals surface area contributed by atoms with Crippen molar-refractivity contribution in [3.05, 3.63) is 16.3 Å². The molecule has 4 heteroatoms. The molecule has 0 unspecified atom stereocenters. The van der Waals surface area contributed by atoms with Crippen LogP contribution in [0.4, 0.5) is 5.69 Å². The molecule has 3 nitrogen and oxygen atoms in total. The van der Waals surface area contributed by atoms with Crippen LogP contribution in [0.5, 0.6) is 0 Å². The van der Waals surface area contributed by atoms with Crippen molar-refractivity contribution >= 4 is 23.0 Å². The summed E-state index contributed by atoms with van der Waals surface area (Å²) in [5.74, 6) is -0.745. The number of hydrogen-bond acceptors (Lipinski definition) is 3. The fraction of sp³-hybridized carbons (Fsp3) is 0.375. The summed E-state index contributed by atoms with van der Waals surface area (Å²) >= 11 is 1.59. The zero-order chi connectivity index (χ0) is 8.97. The monoisotopic (exact) mass is 185 g/mol. The number of rotatable bonds is 4. The molecule has 0 saturated heterocycles. The van der Waals surface area contributed by atoms with Gasteiger partial charge in [0.15, 0.2) is 0 Å². The van der Waals surface area contributed by atoms with Gasteiger partial charge in [-0.25, -0.2) is 0 Å². The van der Waals surface area contributed by atoms with E-state index in [1.54, 1.807) is 11.3 Å². The summed E-state index contributed by atoms with van der Waals surface area (Å²) in [5, 5.41) is 13.4. The molecule has 0 amide bonds. The maximum absolute atomic E-state index is 10.3. The van der Waals surface area contributed by atoms with Crippen LogP contribution in [-0.2, 0) is 11.2 Å². The fourth-order valence-corrected chi connectivity index (χ4v) is 1.86. The summed E-state index contributed by atoms with van der Waals surface area (Å²) in [6.07, 6.45) is 0.818. The minimum atomic E-state index is -0.745. The van der Waals surface area contributed by atoms with Gasteiger partial charge < -0.3 is 10.4 Å². The molecule has 0 bridgehead atoms. The quantitative estimate of drug-likeness (QED) is 0.752. The van der Waals surface area contributed by atoms with Crippen LogP contribution in [0.3, 0.4) is 0 Å². The average molecular weight is 185 g/mol. The lowest BCUT2D eigenvalue weighted by atomic mass is 10.2. The summed E-state index contributed by atoms with van der Waals surface area (Å²) in [6.45, 7) is 0. The van der Waals surface area contributed by atoms with Gasteiger partial charge in [-0.2, -0.15) is 0 Å². The van der Waals surface area contributed by atoms with E-state index in [-0.39, 0.29) is 6.42 Å². The Labute approximate surface area is 75.0 Å². The molecule has 0 saturated carbocycles. The Morgan fingerprint density at radius 1 is 1.75 bits per heavy atom. The van der Waals surface area contributed by atoms with Crippen molar-refractivity contribution in [1.82, 2.24) is 0 Å². The number of aliphatic carboxylic acids is 1. The Bertz CT molecular complexity index is 270. The predicted molar refractivity (Wildman–Crippen MR) is 49.8 cm³/mol. The van der Waals surface area contributed by atoms with Gasteiger partial charge in [0.1, 0.15) is 0 Å². The van der Waals surface area contributed by atoms with Crippen molar-refractivity contribution in [1.29, 1.82) is 0 Å². The summed E-state index contributed by atoms with van der Waals surface area (Å²) in [7, 11) is 1.84. The Morgan fingerprint density at radius 3 is 3.08 bits per heavy atom. The normalized spacial score (nSPS) is 9.75. The van der Waals surface area contributed by atoms with E-state index in [0.29, 0.717) is 6.42 Å². The number of carboxylic acid groups (broad SMARTS) is 1. The van der Waals surface area contributed by atoms with Crippen LogP contribution in [0.1, 0.15) is 11.3 Å². The van der Waals surface area contributed by atoms with Gasteiger partial charge in [0.25, 0.3) is 0 Å². The van der Waals surface area contributed by atoms with Gasteiger partial charge in [-0.05, 0) is 17.9 Å². The summed E-state index contributed by atoms with van der Waals surface area (Å²) in [6, 6.07) is 1.96. The van der Waals surface area contributed by atoms with Crippen molar-refractivity contribution in [2.24, 2.45) is 0 Å². The van der Waals surface area contributed by atoms with Crippen LogP contribution < -0.4 is 5.32 Å². The molecule has 0 fully saturated rings. The van der Waals surface area contributed by atoms with Gasteiger partial charge in [-0.3, -0.25) is 4.79 Å². The Balaban J connectivity index is 2.56. The van der Waals surface area contributed by atoms with Gasteiger partial charge in [0.2, 0.25) is 0 Å². The molecule has 0 spiro atoms. The van der Waals surface area contributed by atoms with Crippen molar-refractivity contribution in [2.45, 2.75) is 12.8 Å². The number of hydrogen-bond donors (Lipinski definition) is 2. The van der Waals surface area contributed by atoms with Crippen LogP contribution in [0.2, 0.25) is 0 Å². The van der Waals surface area contributed by atoms with Gasteiger partial charge in [0.05, 0.1) is 6.42 Å². The zero-order valence-corrected chi connectivity index (χ0v) is 7.65. The van der Waals surface area contributed by atoms with E-state index in [4.69, 9.17) is 5.11 Å². The van der Waals surface area contributed by atoms with Crippen LogP contribution >= 0.6 is 11.3 Å². The molecule has 0 aliphatic carbocycles. The van der Waals surface area contributed by atoms with Crippen LogP contribution in [0.25, 0.3) is 0 Å². The third-order valence-corrected chi connectivity index (χ3v) is 2.56. The number of anilines is 1. The van der Waals surface area contributed by atoms with Crippen LogP contribution in [0, 0.1) is 0 Å². The SMILES string of the molecule is CNc1ccsc1CCC(=O)O. The molecular weight excluding hydrogens is 174 g/mol. The van der Waals surface area contributed by atoms with Crippen molar-refractivity contribution in [3.63, 3.8) is 0 Å². The molecule has 0 aromatic carbocycles. The Kier molecular flexibility index (Phi) is 3.10. The first-order valence-electron chi connectivity index (χ1n) is 3.70. The van der Waals surface area contributed by atoms with E-state index in [2.05, 4.69) is 5.32 Å². The lowest BCUT2D eigenvalue weighted by molar-refractivity contribution is -0.136. The predicted octanol–water partition coefficient (Wildman–Crippen LogP) is 1.81. The second-order valence-corrected chi connectivity index (χ2v) is 3.40. The maximum atomic E-state index is 10.3. The molecule has 1 rings (SSSR count). The number of aryl methyl sites for hydroxylation is 1. The van der Waals surface area contributed by atoms with Gasteiger partial charge in [0, 0.05) is 17.6 Å². The smallest absolute Gasteiger partial charge is 0.303 e. The van der Waals surface area contributed by atoms with E-state index >= 15 is 0 Å². The van der Waals surface area contributed by atoms with Gasteiger partial charge in [-0.15, -0.1) is 11.3 Å². The standard InChI is InChI=1S/C8H11NO2S/c1-9-6-4-5-12-7(6)2-3-8(10)11/h4-5,9H,2-3H2,1H3,(H,10,11). The minimum Gasteiger partial charge on any atom is -0.481 e. The zero-order valence-electron chi connectivity index (χ0n) is 6.83. The number of nitrogens with one attached hydrogen (secondary N) is 1. The van der Waals surface area contributed by atoms with Gasteiger partial charge >= 0.3 is 5.97 Å². The Morgan fingerprint density at radius 2 is 2.50 bits per heavy atom.